The van der Waals surface area contributed by atoms with Gasteiger partial charge in [-0.1, -0.05) is 22.9 Å². The van der Waals surface area contributed by atoms with Gasteiger partial charge in [-0.3, -0.25) is 14.8 Å². The molecule has 0 saturated heterocycles. The normalized spacial score (nSPS) is 11.9. The first kappa shape index (κ1) is 21.9. The number of carbonyl (C=O) groups is 1. The molecule has 1 amide bonds. The van der Waals surface area contributed by atoms with Crippen molar-refractivity contribution in [3.05, 3.63) is 63.9 Å². The maximum absolute atomic E-state index is 13.0. The Morgan fingerprint density at radius 3 is 2.33 bits per heavy atom. The van der Waals surface area contributed by atoms with E-state index < -0.39 is 38.1 Å². The largest absolute Gasteiger partial charge is 0.445 e. The van der Waals surface area contributed by atoms with E-state index in [9.17, 15) is 30.8 Å². The average Bonchev–Trinajstić information content (AvgIpc) is 3.12. The van der Waals surface area contributed by atoms with Gasteiger partial charge in [0.1, 0.15) is 5.82 Å². The Bertz CT molecular complexity index is 1200. The number of hydrogen-bond donors (Lipinski definition) is 2. The monoisotopic (exact) mass is 480 g/mol. The van der Waals surface area contributed by atoms with Gasteiger partial charge in [0.2, 0.25) is 10.1 Å². The fourth-order valence-corrected chi connectivity index (χ4v) is 4.02. The van der Waals surface area contributed by atoms with Gasteiger partial charge in [-0.2, -0.15) is 13.2 Å². The Kier molecular flexibility index (Phi) is 5.97. The molecule has 0 aliphatic rings. The summed E-state index contributed by atoms with van der Waals surface area (Å²) >= 11 is 6.03. The van der Waals surface area contributed by atoms with Crippen LogP contribution in [0.3, 0.4) is 0 Å². The lowest BCUT2D eigenvalue weighted by atomic mass is 10.2. The zero-order valence-electron chi connectivity index (χ0n) is 14.4. The van der Waals surface area contributed by atoms with Crippen LogP contribution in [0.4, 0.5) is 28.4 Å². The van der Waals surface area contributed by atoms with Crippen LogP contribution >= 0.6 is 22.9 Å². The van der Waals surface area contributed by atoms with Crippen LogP contribution in [0.2, 0.25) is 5.02 Å². The van der Waals surface area contributed by atoms with Gasteiger partial charge >= 0.3 is 6.18 Å². The van der Waals surface area contributed by atoms with Crippen molar-refractivity contribution >= 4 is 49.7 Å². The number of anilines is 2. The minimum atomic E-state index is -4.72. The van der Waals surface area contributed by atoms with Gasteiger partial charge < -0.3 is 0 Å². The first-order chi connectivity index (χ1) is 14.0. The third-order valence-electron chi connectivity index (χ3n) is 3.48. The predicted molar refractivity (Wildman–Crippen MR) is 102 cm³/mol. The fraction of sp³-hybridized carbons (Fsp3) is 0.0625. The number of nitrogens with zero attached hydrogens (tertiary/aromatic N) is 2. The van der Waals surface area contributed by atoms with Gasteiger partial charge in [-0.15, -0.1) is 10.2 Å². The summed E-state index contributed by atoms with van der Waals surface area (Å²) in [6.07, 6.45) is -4.72. The third-order valence-corrected chi connectivity index (χ3v) is 6.07. The van der Waals surface area contributed by atoms with Gasteiger partial charge in [0.25, 0.3) is 15.9 Å². The van der Waals surface area contributed by atoms with E-state index in [1.54, 1.807) is 0 Å². The average molecular weight is 481 g/mol. The summed E-state index contributed by atoms with van der Waals surface area (Å²) in [5.74, 6) is -1.54. The molecule has 3 aromatic rings. The Morgan fingerprint density at radius 1 is 1.07 bits per heavy atom. The minimum Gasteiger partial charge on any atom is -0.296 e. The highest BCUT2D eigenvalue weighted by Crippen LogP contribution is 2.33. The van der Waals surface area contributed by atoms with Crippen molar-refractivity contribution in [2.24, 2.45) is 0 Å². The summed E-state index contributed by atoms with van der Waals surface area (Å²) in [4.78, 5) is 12.0. The molecule has 1 aromatic heterocycles. The second-order valence-corrected chi connectivity index (χ2v) is 8.69. The molecule has 2 aromatic carbocycles. The lowest BCUT2D eigenvalue weighted by Crippen LogP contribution is -2.16. The van der Waals surface area contributed by atoms with Gasteiger partial charge in [-0.05, 0) is 42.5 Å². The molecule has 0 spiro atoms. The highest BCUT2D eigenvalue weighted by molar-refractivity contribution is 7.92. The van der Waals surface area contributed by atoms with Gasteiger partial charge in [-0.25, -0.2) is 12.8 Å². The summed E-state index contributed by atoms with van der Waals surface area (Å²) in [6.45, 7) is 0. The summed E-state index contributed by atoms with van der Waals surface area (Å²) in [6, 6.07) is 7.70. The number of hydrogen-bond acceptors (Lipinski definition) is 6. The minimum absolute atomic E-state index is 0.0749. The van der Waals surface area contributed by atoms with E-state index in [1.165, 1.54) is 12.1 Å². The van der Waals surface area contributed by atoms with Gasteiger partial charge in [0.05, 0.1) is 15.5 Å². The standard InChI is InChI=1S/C16H9ClF4N4O3S2/c17-12-6-5-10(30(27,28)25-9-3-1-8(18)2-4-9)7-11(12)13(26)22-15-24-23-14(29-15)16(19,20)21/h1-7,25H,(H,22,24,26). The SMILES string of the molecule is O=C(Nc1nnc(C(F)(F)F)s1)c1cc(S(=O)(=O)Nc2ccc(F)cc2)ccc1Cl. The molecule has 0 saturated carbocycles. The maximum Gasteiger partial charge on any atom is 0.445 e. The van der Waals surface area contributed by atoms with E-state index in [0.29, 0.717) is 0 Å². The molecular formula is C16H9ClF4N4O3S2. The highest BCUT2D eigenvalue weighted by atomic mass is 35.5. The van der Waals surface area contributed by atoms with Crippen molar-refractivity contribution in [1.82, 2.24) is 10.2 Å². The van der Waals surface area contributed by atoms with Crippen LogP contribution in [0.1, 0.15) is 15.4 Å². The zero-order valence-corrected chi connectivity index (χ0v) is 16.8. The fourth-order valence-electron chi connectivity index (χ4n) is 2.13. The summed E-state index contributed by atoms with van der Waals surface area (Å²) in [5, 5.41) is 6.40. The third kappa shape index (κ3) is 5.04. The van der Waals surface area contributed by atoms with Crippen LogP contribution in [-0.4, -0.2) is 24.5 Å². The number of rotatable bonds is 5. The van der Waals surface area contributed by atoms with Crippen molar-refractivity contribution in [2.45, 2.75) is 11.1 Å². The van der Waals surface area contributed by atoms with Crippen LogP contribution in [0.15, 0.2) is 47.4 Å². The van der Waals surface area contributed by atoms with Crippen LogP contribution in [0, 0.1) is 5.82 Å². The lowest BCUT2D eigenvalue weighted by molar-refractivity contribution is -0.138. The van der Waals surface area contributed by atoms with Crippen molar-refractivity contribution in [2.75, 3.05) is 10.0 Å². The Balaban J connectivity index is 1.84. The lowest BCUT2D eigenvalue weighted by Gasteiger charge is -2.10. The summed E-state index contributed by atoms with van der Waals surface area (Å²) in [5.41, 5.74) is -0.242. The van der Waals surface area contributed by atoms with Crippen molar-refractivity contribution in [3.63, 3.8) is 0 Å². The molecule has 3 rings (SSSR count). The predicted octanol–water partition coefficient (Wildman–Crippen LogP) is 4.40. The molecule has 0 fully saturated rings. The number of nitrogens with one attached hydrogen (secondary N) is 2. The van der Waals surface area contributed by atoms with Gasteiger partial charge in [0, 0.05) is 5.69 Å². The molecule has 0 aliphatic carbocycles. The topological polar surface area (TPSA) is 101 Å². The first-order valence-corrected chi connectivity index (χ1v) is 10.4. The molecule has 0 aliphatic heterocycles. The van der Waals surface area contributed by atoms with Crippen molar-refractivity contribution in [1.29, 1.82) is 0 Å². The molecule has 158 valence electrons. The summed E-state index contributed by atoms with van der Waals surface area (Å²) < 4.78 is 78.0. The molecule has 0 bridgehead atoms. The molecule has 0 unspecified atom stereocenters. The number of carbonyl (C=O) groups excluding carboxylic acids is 1. The van der Waals surface area contributed by atoms with Crippen LogP contribution in [0.25, 0.3) is 0 Å². The number of aromatic nitrogens is 2. The molecule has 0 atom stereocenters. The van der Waals surface area contributed by atoms with Crippen LogP contribution < -0.4 is 10.0 Å². The van der Waals surface area contributed by atoms with Crippen LogP contribution in [-0.2, 0) is 16.2 Å². The first-order valence-electron chi connectivity index (χ1n) is 7.76. The van der Waals surface area contributed by atoms with E-state index in [-0.39, 0.29) is 32.5 Å². The molecule has 0 radical (unpaired) electrons. The molecule has 14 heteroatoms. The van der Waals surface area contributed by atoms with Crippen molar-refractivity contribution in [3.8, 4) is 0 Å². The summed E-state index contributed by atoms with van der Waals surface area (Å²) in [7, 11) is -4.17. The Hall–Kier alpha value is -2.77. The second kappa shape index (κ2) is 8.16. The van der Waals surface area contributed by atoms with E-state index >= 15 is 0 Å². The molecular weight excluding hydrogens is 472 g/mol. The van der Waals surface area contributed by atoms with E-state index in [1.807, 2.05) is 0 Å². The van der Waals surface area contributed by atoms with E-state index in [0.717, 1.165) is 30.3 Å². The van der Waals surface area contributed by atoms with Crippen molar-refractivity contribution < 1.29 is 30.8 Å². The zero-order chi connectivity index (χ0) is 22.1. The Labute approximate surface area is 175 Å². The molecule has 7 nitrogen and oxygen atoms in total. The molecule has 1 heterocycles. The Morgan fingerprint density at radius 2 is 1.73 bits per heavy atom. The number of amides is 1. The van der Waals surface area contributed by atoms with E-state index in [4.69, 9.17) is 11.6 Å². The van der Waals surface area contributed by atoms with Crippen LogP contribution in [0.5, 0.6) is 0 Å². The number of sulfonamides is 1. The number of alkyl halides is 3. The highest BCUT2D eigenvalue weighted by Gasteiger charge is 2.36. The number of benzene rings is 2. The molecule has 2 N–H and O–H groups in total. The van der Waals surface area contributed by atoms with E-state index in [2.05, 4.69) is 20.2 Å². The smallest absolute Gasteiger partial charge is 0.296 e. The number of halogens is 5. The van der Waals surface area contributed by atoms with Gasteiger partial charge in [0.15, 0.2) is 0 Å². The quantitative estimate of drug-likeness (QED) is 0.527. The molecule has 30 heavy (non-hydrogen) atoms. The second-order valence-electron chi connectivity index (χ2n) is 5.62. The maximum atomic E-state index is 13.0.